The predicted molar refractivity (Wildman–Crippen MR) is 132 cm³/mol. The molecule has 0 spiro atoms. The SMILES string of the molecule is O=C(OCC1OC(Oc2ccc(O)cc2)C(O)C(O)C1OC(=O)c1cc(O)c(O)c(O)c1)c1cc(O)c(O)c(O)c1. The first kappa shape index (κ1) is 28.9. The molecular weight excluding hydrogens is 552 g/mol. The Labute approximate surface area is 229 Å². The van der Waals surface area contributed by atoms with E-state index in [4.69, 9.17) is 18.9 Å². The lowest BCUT2D eigenvalue weighted by atomic mass is 9.98. The van der Waals surface area contributed by atoms with Gasteiger partial charge in [0.05, 0.1) is 11.1 Å². The molecule has 1 saturated heterocycles. The highest BCUT2D eigenvalue weighted by Crippen LogP contribution is 2.37. The molecule has 0 aromatic heterocycles. The first-order valence-corrected chi connectivity index (χ1v) is 11.7. The third-order valence-corrected chi connectivity index (χ3v) is 5.96. The number of carbonyl (C=O) groups is 2. The van der Waals surface area contributed by atoms with Crippen molar-refractivity contribution in [2.24, 2.45) is 0 Å². The van der Waals surface area contributed by atoms with Crippen molar-refractivity contribution in [3.05, 3.63) is 59.7 Å². The summed E-state index contributed by atoms with van der Waals surface area (Å²) in [5.74, 6) is -7.51. The predicted octanol–water partition coefficient (Wildman–Crippen LogP) is 0.534. The number of rotatable bonds is 7. The van der Waals surface area contributed by atoms with Gasteiger partial charge in [0.25, 0.3) is 0 Å². The van der Waals surface area contributed by atoms with E-state index < -0.39 is 94.9 Å². The Kier molecular flexibility index (Phi) is 8.13. The maximum atomic E-state index is 12.8. The number of phenolic OH excluding ortho intramolecular Hbond substituents is 7. The third-order valence-electron chi connectivity index (χ3n) is 5.96. The van der Waals surface area contributed by atoms with Crippen molar-refractivity contribution in [2.45, 2.75) is 30.7 Å². The van der Waals surface area contributed by atoms with Crippen LogP contribution in [-0.4, -0.2) is 95.2 Å². The maximum Gasteiger partial charge on any atom is 0.338 e. The summed E-state index contributed by atoms with van der Waals surface area (Å²) in [6, 6.07) is 8.33. The summed E-state index contributed by atoms with van der Waals surface area (Å²) in [7, 11) is 0. The molecule has 4 rings (SSSR count). The molecule has 1 aliphatic heterocycles. The minimum atomic E-state index is -1.92. The quantitative estimate of drug-likeness (QED) is 0.137. The first-order chi connectivity index (χ1) is 19.3. The van der Waals surface area contributed by atoms with Crippen LogP contribution in [0.2, 0.25) is 0 Å². The van der Waals surface area contributed by atoms with E-state index in [0.29, 0.717) is 0 Å². The molecule has 41 heavy (non-hydrogen) atoms. The normalized spacial score (nSPS) is 22.0. The number of ether oxygens (including phenoxy) is 4. The zero-order valence-electron chi connectivity index (χ0n) is 20.7. The van der Waals surface area contributed by atoms with Crippen molar-refractivity contribution in [1.29, 1.82) is 0 Å². The largest absolute Gasteiger partial charge is 0.508 e. The number of aliphatic hydroxyl groups is 2. The molecule has 0 radical (unpaired) electrons. The molecule has 5 unspecified atom stereocenters. The van der Waals surface area contributed by atoms with E-state index in [9.17, 15) is 55.5 Å². The lowest BCUT2D eigenvalue weighted by molar-refractivity contribution is -0.276. The summed E-state index contributed by atoms with van der Waals surface area (Å²) in [6.07, 6.45) is -8.65. The van der Waals surface area contributed by atoms with Gasteiger partial charge in [0.1, 0.15) is 36.4 Å². The van der Waals surface area contributed by atoms with Gasteiger partial charge in [-0.1, -0.05) is 0 Å². The summed E-state index contributed by atoms with van der Waals surface area (Å²) in [4.78, 5) is 25.4. The lowest BCUT2D eigenvalue weighted by Crippen LogP contribution is -2.61. The Balaban J connectivity index is 1.57. The molecule has 0 bridgehead atoms. The van der Waals surface area contributed by atoms with Gasteiger partial charge in [-0.2, -0.15) is 0 Å². The number of carbonyl (C=O) groups excluding carboxylic acids is 2. The molecule has 218 valence electrons. The molecule has 0 amide bonds. The van der Waals surface area contributed by atoms with Crippen LogP contribution in [0.1, 0.15) is 20.7 Å². The van der Waals surface area contributed by atoms with Crippen LogP contribution in [0.3, 0.4) is 0 Å². The van der Waals surface area contributed by atoms with Crippen molar-refractivity contribution in [1.82, 2.24) is 0 Å². The smallest absolute Gasteiger partial charge is 0.338 e. The fourth-order valence-electron chi connectivity index (χ4n) is 3.82. The highest BCUT2D eigenvalue weighted by Gasteiger charge is 2.48. The van der Waals surface area contributed by atoms with Gasteiger partial charge < -0.3 is 64.9 Å². The molecular formula is C26H24O15. The van der Waals surface area contributed by atoms with Crippen LogP contribution in [0.4, 0.5) is 0 Å². The monoisotopic (exact) mass is 576 g/mol. The number of phenols is 7. The Bertz CT molecular complexity index is 1390. The van der Waals surface area contributed by atoms with Crippen LogP contribution in [0, 0.1) is 0 Å². The molecule has 15 heteroatoms. The molecule has 3 aromatic carbocycles. The highest BCUT2D eigenvalue weighted by molar-refractivity contribution is 5.92. The van der Waals surface area contributed by atoms with E-state index in [-0.39, 0.29) is 11.5 Å². The summed E-state index contributed by atoms with van der Waals surface area (Å²) in [6.45, 7) is -0.759. The topological polar surface area (TPSA) is 253 Å². The Hall–Kier alpha value is -5.12. The number of aliphatic hydroxyl groups excluding tert-OH is 2. The Morgan fingerprint density at radius 3 is 1.71 bits per heavy atom. The first-order valence-electron chi connectivity index (χ1n) is 11.7. The molecule has 0 aliphatic carbocycles. The fourth-order valence-corrected chi connectivity index (χ4v) is 3.82. The lowest BCUT2D eigenvalue weighted by Gasteiger charge is -2.41. The van der Waals surface area contributed by atoms with E-state index in [2.05, 4.69) is 0 Å². The summed E-state index contributed by atoms with van der Waals surface area (Å²) >= 11 is 0. The minimum Gasteiger partial charge on any atom is -0.508 e. The average Bonchev–Trinajstić information content (AvgIpc) is 2.93. The summed E-state index contributed by atoms with van der Waals surface area (Å²) in [5.41, 5.74) is -0.859. The van der Waals surface area contributed by atoms with Gasteiger partial charge in [-0.15, -0.1) is 0 Å². The minimum absolute atomic E-state index is 0.0862. The van der Waals surface area contributed by atoms with Crippen molar-refractivity contribution < 1.29 is 74.5 Å². The number of hydrogen-bond acceptors (Lipinski definition) is 15. The second-order valence-corrected chi connectivity index (χ2v) is 8.83. The van der Waals surface area contributed by atoms with Gasteiger partial charge in [-0.25, -0.2) is 9.59 Å². The van der Waals surface area contributed by atoms with Gasteiger partial charge >= 0.3 is 11.9 Å². The number of benzene rings is 3. The molecule has 1 fully saturated rings. The van der Waals surface area contributed by atoms with Crippen LogP contribution in [0.15, 0.2) is 48.5 Å². The van der Waals surface area contributed by atoms with Crippen molar-refractivity contribution in [3.63, 3.8) is 0 Å². The fraction of sp³-hybridized carbons (Fsp3) is 0.231. The molecule has 5 atom stereocenters. The Morgan fingerprint density at radius 2 is 1.20 bits per heavy atom. The summed E-state index contributed by atoms with van der Waals surface area (Å²) in [5, 5.41) is 88.7. The van der Waals surface area contributed by atoms with Gasteiger partial charge in [0.2, 0.25) is 6.29 Å². The van der Waals surface area contributed by atoms with E-state index in [1.807, 2.05) is 0 Å². The number of esters is 2. The van der Waals surface area contributed by atoms with Gasteiger partial charge in [-0.3, -0.25) is 0 Å². The van der Waals surface area contributed by atoms with Gasteiger partial charge in [-0.05, 0) is 48.5 Å². The van der Waals surface area contributed by atoms with Crippen molar-refractivity contribution in [3.8, 4) is 46.0 Å². The Morgan fingerprint density at radius 1 is 0.707 bits per heavy atom. The number of aromatic hydroxyl groups is 7. The number of hydrogen-bond donors (Lipinski definition) is 9. The second kappa shape index (κ2) is 11.5. The van der Waals surface area contributed by atoms with Crippen molar-refractivity contribution in [2.75, 3.05) is 6.61 Å². The van der Waals surface area contributed by atoms with E-state index >= 15 is 0 Å². The van der Waals surface area contributed by atoms with Crippen LogP contribution in [0.5, 0.6) is 46.0 Å². The zero-order valence-corrected chi connectivity index (χ0v) is 20.7. The standard InChI is InChI=1S/C26H24O15/c27-12-1-3-13(4-2-12)39-26-22(35)21(34)23(41-25(37)11-7-16(30)20(33)17(31)8-11)18(40-26)9-38-24(36)10-5-14(28)19(32)15(29)6-10/h1-8,18,21-23,26-35H,9H2. The van der Waals surface area contributed by atoms with Gasteiger partial charge in [0.15, 0.2) is 40.6 Å². The third kappa shape index (κ3) is 6.22. The van der Waals surface area contributed by atoms with Crippen LogP contribution < -0.4 is 4.74 Å². The van der Waals surface area contributed by atoms with E-state index in [1.54, 1.807) is 0 Å². The second-order valence-electron chi connectivity index (χ2n) is 8.83. The van der Waals surface area contributed by atoms with Crippen molar-refractivity contribution >= 4 is 11.9 Å². The maximum absolute atomic E-state index is 12.8. The van der Waals surface area contributed by atoms with Gasteiger partial charge in [0, 0.05) is 0 Å². The molecule has 0 saturated carbocycles. The van der Waals surface area contributed by atoms with Crippen LogP contribution in [0.25, 0.3) is 0 Å². The highest BCUT2D eigenvalue weighted by atomic mass is 16.7. The molecule has 3 aromatic rings. The summed E-state index contributed by atoms with van der Waals surface area (Å²) < 4.78 is 21.6. The van der Waals surface area contributed by atoms with Crippen LogP contribution in [-0.2, 0) is 14.2 Å². The molecule has 1 aliphatic rings. The van der Waals surface area contributed by atoms with E-state index in [0.717, 1.165) is 24.3 Å². The molecule has 15 nitrogen and oxygen atoms in total. The zero-order chi connectivity index (χ0) is 30.0. The molecule has 1 heterocycles. The average molecular weight is 576 g/mol. The molecule has 9 N–H and O–H groups in total. The van der Waals surface area contributed by atoms with E-state index in [1.165, 1.54) is 24.3 Å². The van der Waals surface area contributed by atoms with Crippen LogP contribution >= 0.6 is 0 Å².